The van der Waals surface area contributed by atoms with E-state index in [1.165, 1.54) is 0 Å². The van der Waals surface area contributed by atoms with Crippen LogP contribution in [0.2, 0.25) is 0 Å². The summed E-state index contributed by atoms with van der Waals surface area (Å²) in [6.45, 7) is 4.45. The summed E-state index contributed by atoms with van der Waals surface area (Å²) in [6, 6.07) is 13.8. The van der Waals surface area contributed by atoms with Gasteiger partial charge in [-0.25, -0.2) is 0 Å². The van der Waals surface area contributed by atoms with Crippen LogP contribution < -0.4 is 20.1 Å². The van der Waals surface area contributed by atoms with E-state index < -0.39 is 0 Å². The first-order valence-corrected chi connectivity index (χ1v) is 8.43. The summed E-state index contributed by atoms with van der Waals surface area (Å²) >= 11 is 0. The van der Waals surface area contributed by atoms with Crippen molar-refractivity contribution in [1.82, 2.24) is 5.32 Å². The van der Waals surface area contributed by atoms with Crippen molar-refractivity contribution in [1.29, 1.82) is 0 Å². The molecule has 2 N–H and O–H groups in total. The maximum Gasteiger partial charge on any atom is 0.262 e. The van der Waals surface area contributed by atoms with E-state index in [9.17, 15) is 9.59 Å². The zero-order chi connectivity index (χ0) is 18.9. The van der Waals surface area contributed by atoms with Crippen LogP contribution in [-0.2, 0) is 4.79 Å². The van der Waals surface area contributed by atoms with E-state index in [0.717, 1.165) is 0 Å². The topological polar surface area (TPSA) is 76.7 Å². The number of carbonyl (C=O) groups is 2. The van der Waals surface area contributed by atoms with Crippen LogP contribution >= 0.6 is 0 Å². The molecule has 0 atom stereocenters. The van der Waals surface area contributed by atoms with Crippen LogP contribution in [-0.4, -0.2) is 32.1 Å². The molecule has 0 radical (unpaired) electrons. The number of methoxy groups -OCH3 is 1. The minimum atomic E-state index is -0.343. The van der Waals surface area contributed by atoms with Crippen molar-refractivity contribution in [2.75, 3.05) is 25.6 Å². The van der Waals surface area contributed by atoms with Gasteiger partial charge >= 0.3 is 0 Å². The smallest absolute Gasteiger partial charge is 0.262 e. The molecule has 0 aliphatic heterocycles. The SMILES string of the molecule is COc1ccc(OCC(=O)Nc2ccccc2C(=O)NCC(C)C)cc1. The van der Waals surface area contributed by atoms with Gasteiger partial charge in [-0.05, 0) is 42.3 Å². The van der Waals surface area contributed by atoms with Gasteiger partial charge in [0.2, 0.25) is 0 Å². The third-order valence-corrected chi connectivity index (χ3v) is 3.55. The quantitative estimate of drug-likeness (QED) is 0.762. The summed E-state index contributed by atoms with van der Waals surface area (Å²) in [6.07, 6.45) is 0. The number of amides is 2. The third kappa shape index (κ3) is 5.81. The Labute approximate surface area is 153 Å². The normalized spacial score (nSPS) is 10.3. The van der Waals surface area contributed by atoms with Crippen LogP contribution in [0.3, 0.4) is 0 Å². The minimum Gasteiger partial charge on any atom is -0.497 e. The molecule has 0 aliphatic carbocycles. The number of nitrogens with one attached hydrogen (secondary N) is 2. The van der Waals surface area contributed by atoms with Crippen molar-refractivity contribution >= 4 is 17.5 Å². The van der Waals surface area contributed by atoms with Gasteiger partial charge in [-0.3, -0.25) is 9.59 Å². The van der Waals surface area contributed by atoms with Crippen molar-refractivity contribution < 1.29 is 19.1 Å². The summed E-state index contributed by atoms with van der Waals surface area (Å²) in [5.41, 5.74) is 0.878. The number of ether oxygens (including phenoxy) is 2. The number of rotatable bonds is 8. The number of para-hydroxylation sites is 1. The van der Waals surface area contributed by atoms with Crippen LogP contribution in [0.4, 0.5) is 5.69 Å². The number of hydrogen-bond acceptors (Lipinski definition) is 4. The Kier molecular flexibility index (Phi) is 7.02. The first-order chi connectivity index (χ1) is 12.5. The predicted octanol–water partition coefficient (Wildman–Crippen LogP) is 3.10. The van der Waals surface area contributed by atoms with Gasteiger partial charge < -0.3 is 20.1 Å². The molecule has 0 unspecified atom stereocenters. The Morgan fingerprint density at radius 2 is 1.65 bits per heavy atom. The zero-order valence-corrected chi connectivity index (χ0v) is 15.2. The molecule has 0 fully saturated rings. The first kappa shape index (κ1) is 19.3. The van der Waals surface area contributed by atoms with Crippen molar-refractivity contribution in [2.24, 2.45) is 5.92 Å². The lowest BCUT2D eigenvalue weighted by molar-refractivity contribution is -0.118. The molecule has 0 heterocycles. The van der Waals surface area contributed by atoms with E-state index >= 15 is 0 Å². The number of carbonyl (C=O) groups excluding carboxylic acids is 2. The second-order valence-electron chi connectivity index (χ2n) is 6.16. The van der Waals surface area contributed by atoms with Gasteiger partial charge in [0.1, 0.15) is 11.5 Å². The molecule has 6 nitrogen and oxygen atoms in total. The maximum atomic E-state index is 12.3. The zero-order valence-electron chi connectivity index (χ0n) is 15.2. The molecular formula is C20H24N2O4. The molecule has 2 aromatic carbocycles. The van der Waals surface area contributed by atoms with E-state index in [1.807, 2.05) is 13.8 Å². The molecule has 6 heteroatoms. The fourth-order valence-electron chi connectivity index (χ4n) is 2.19. The second-order valence-corrected chi connectivity index (χ2v) is 6.16. The molecule has 0 aliphatic rings. The van der Waals surface area contributed by atoms with Crippen LogP contribution in [0.15, 0.2) is 48.5 Å². The van der Waals surface area contributed by atoms with Crippen molar-refractivity contribution in [3.8, 4) is 11.5 Å². The third-order valence-electron chi connectivity index (χ3n) is 3.55. The number of benzene rings is 2. The van der Waals surface area contributed by atoms with Gasteiger partial charge in [-0.1, -0.05) is 26.0 Å². The van der Waals surface area contributed by atoms with E-state index in [2.05, 4.69) is 10.6 Å². The lowest BCUT2D eigenvalue weighted by Crippen LogP contribution is -2.29. The van der Waals surface area contributed by atoms with E-state index in [-0.39, 0.29) is 18.4 Å². The average molecular weight is 356 g/mol. The molecule has 2 rings (SSSR count). The predicted molar refractivity (Wildman–Crippen MR) is 101 cm³/mol. The first-order valence-electron chi connectivity index (χ1n) is 8.43. The lowest BCUT2D eigenvalue weighted by atomic mass is 10.1. The van der Waals surface area contributed by atoms with Crippen LogP contribution in [0.25, 0.3) is 0 Å². The second kappa shape index (κ2) is 9.46. The molecule has 0 saturated carbocycles. The highest BCUT2D eigenvalue weighted by atomic mass is 16.5. The molecule has 0 aromatic heterocycles. The lowest BCUT2D eigenvalue weighted by Gasteiger charge is -2.13. The monoisotopic (exact) mass is 356 g/mol. The molecule has 138 valence electrons. The van der Waals surface area contributed by atoms with Gasteiger partial charge in [-0.2, -0.15) is 0 Å². The Hall–Kier alpha value is -3.02. The molecule has 0 bridgehead atoms. The van der Waals surface area contributed by atoms with Crippen LogP contribution in [0.1, 0.15) is 24.2 Å². The Morgan fingerprint density at radius 1 is 1.00 bits per heavy atom. The fourth-order valence-corrected chi connectivity index (χ4v) is 2.19. The molecule has 26 heavy (non-hydrogen) atoms. The largest absolute Gasteiger partial charge is 0.497 e. The number of hydrogen-bond donors (Lipinski definition) is 2. The highest BCUT2D eigenvalue weighted by molar-refractivity contribution is 6.04. The molecular weight excluding hydrogens is 332 g/mol. The van der Waals surface area contributed by atoms with E-state index in [1.54, 1.807) is 55.6 Å². The summed E-state index contributed by atoms with van der Waals surface area (Å²) in [5, 5.41) is 5.57. The molecule has 2 aromatic rings. The van der Waals surface area contributed by atoms with Crippen molar-refractivity contribution in [2.45, 2.75) is 13.8 Å². The van der Waals surface area contributed by atoms with Gasteiger partial charge in [0.15, 0.2) is 6.61 Å². The van der Waals surface area contributed by atoms with Gasteiger partial charge in [0, 0.05) is 6.54 Å². The minimum absolute atomic E-state index is 0.158. The summed E-state index contributed by atoms with van der Waals surface area (Å²) in [5.74, 6) is 1.06. The molecule has 0 spiro atoms. The fraction of sp³-hybridized carbons (Fsp3) is 0.300. The summed E-state index contributed by atoms with van der Waals surface area (Å²) in [7, 11) is 1.58. The Balaban J connectivity index is 1.94. The van der Waals surface area contributed by atoms with Gasteiger partial charge in [0.25, 0.3) is 11.8 Å². The van der Waals surface area contributed by atoms with E-state index in [0.29, 0.717) is 35.2 Å². The van der Waals surface area contributed by atoms with Gasteiger partial charge in [0.05, 0.1) is 18.4 Å². The standard InChI is InChI=1S/C20H24N2O4/c1-14(2)12-21-20(24)17-6-4-5-7-18(17)22-19(23)13-26-16-10-8-15(25-3)9-11-16/h4-11,14H,12-13H2,1-3H3,(H,21,24)(H,22,23). The van der Waals surface area contributed by atoms with E-state index in [4.69, 9.17) is 9.47 Å². The molecule has 0 saturated heterocycles. The summed E-state index contributed by atoms with van der Waals surface area (Å²) in [4.78, 5) is 24.4. The van der Waals surface area contributed by atoms with Crippen molar-refractivity contribution in [3.05, 3.63) is 54.1 Å². The van der Waals surface area contributed by atoms with Crippen LogP contribution in [0.5, 0.6) is 11.5 Å². The highest BCUT2D eigenvalue weighted by Crippen LogP contribution is 2.18. The van der Waals surface area contributed by atoms with Crippen LogP contribution in [0, 0.1) is 5.92 Å². The van der Waals surface area contributed by atoms with Gasteiger partial charge in [-0.15, -0.1) is 0 Å². The summed E-state index contributed by atoms with van der Waals surface area (Å²) < 4.78 is 10.5. The highest BCUT2D eigenvalue weighted by Gasteiger charge is 2.13. The Morgan fingerprint density at radius 3 is 2.31 bits per heavy atom. The maximum absolute atomic E-state index is 12.3. The average Bonchev–Trinajstić information content (AvgIpc) is 2.65. The van der Waals surface area contributed by atoms with Crippen molar-refractivity contribution in [3.63, 3.8) is 0 Å². The Bertz CT molecular complexity index is 742. The number of anilines is 1. The molecule has 2 amide bonds.